The Morgan fingerprint density at radius 2 is 1.94 bits per heavy atom. The van der Waals surface area contributed by atoms with Crippen molar-refractivity contribution in [2.75, 3.05) is 0 Å². The SMILES string of the molecule is FCc1cccc(-n2ncc3ccccc32)n1. The zero-order valence-electron chi connectivity index (χ0n) is 9.05. The maximum atomic E-state index is 12.6. The molecule has 0 aliphatic carbocycles. The van der Waals surface area contributed by atoms with Gasteiger partial charge in [0.1, 0.15) is 6.67 Å². The van der Waals surface area contributed by atoms with Crippen molar-refractivity contribution in [2.24, 2.45) is 0 Å². The first kappa shape index (κ1) is 9.96. The van der Waals surface area contributed by atoms with Gasteiger partial charge in [-0.25, -0.2) is 14.1 Å². The fourth-order valence-corrected chi connectivity index (χ4v) is 1.81. The van der Waals surface area contributed by atoms with E-state index < -0.39 is 6.67 Å². The van der Waals surface area contributed by atoms with Crippen LogP contribution in [0.4, 0.5) is 4.39 Å². The Kier molecular flexibility index (Phi) is 2.33. The molecule has 0 aliphatic rings. The molecular weight excluding hydrogens is 217 g/mol. The minimum Gasteiger partial charge on any atom is -0.244 e. The molecule has 3 aromatic rings. The lowest BCUT2D eigenvalue weighted by atomic mass is 10.2. The van der Waals surface area contributed by atoms with Crippen LogP contribution in [0.15, 0.2) is 48.7 Å². The zero-order valence-corrected chi connectivity index (χ0v) is 9.05. The molecule has 0 atom stereocenters. The predicted octanol–water partition coefficient (Wildman–Crippen LogP) is 2.89. The summed E-state index contributed by atoms with van der Waals surface area (Å²) in [5, 5.41) is 5.31. The number of rotatable bonds is 2. The van der Waals surface area contributed by atoms with Crippen molar-refractivity contribution in [3.63, 3.8) is 0 Å². The van der Waals surface area contributed by atoms with Gasteiger partial charge in [-0.05, 0) is 18.2 Å². The molecular formula is C13H10FN3. The molecule has 0 radical (unpaired) electrons. The van der Waals surface area contributed by atoms with Crippen LogP contribution in [-0.4, -0.2) is 14.8 Å². The van der Waals surface area contributed by atoms with Crippen LogP contribution in [0.2, 0.25) is 0 Å². The number of nitrogens with zero attached hydrogens (tertiary/aromatic N) is 3. The maximum Gasteiger partial charge on any atom is 0.154 e. The van der Waals surface area contributed by atoms with Crippen molar-refractivity contribution in [3.05, 3.63) is 54.4 Å². The molecule has 0 N–H and O–H groups in total. The van der Waals surface area contributed by atoms with Crippen molar-refractivity contribution < 1.29 is 4.39 Å². The number of aromatic nitrogens is 3. The van der Waals surface area contributed by atoms with E-state index in [0.29, 0.717) is 11.5 Å². The van der Waals surface area contributed by atoms with E-state index >= 15 is 0 Å². The summed E-state index contributed by atoms with van der Waals surface area (Å²) in [6.07, 6.45) is 1.78. The van der Waals surface area contributed by atoms with Crippen molar-refractivity contribution in [2.45, 2.75) is 6.67 Å². The number of benzene rings is 1. The molecule has 17 heavy (non-hydrogen) atoms. The van der Waals surface area contributed by atoms with Crippen LogP contribution in [-0.2, 0) is 6.67 Å². The van der Waals surface area contributed by atoms with Gasteiger partial charge in [-0.15, -0.1) is 0 Å². The highest BCUT2D eigenvalue weighted by Crippen LogP contribution is 2.16. The highest BCUT2D eigenvalue weighted by atomic mass is 19.1. The smallest absolute Gasteiger partial charge is 0.154 e. The van der Waals surface area contributed by atoms with Crippen LogP contribution in [0, 0.1) is 0 Å². The van der Waals surface area contributed by atoms with E-state index in [2.05, 4.69) is 10.1 Å². The van der Waals surface area contributed by atoms with Crippen LogP contribution in [0.3, 0.4) is 0 Å². The van der Waals surface area contributed by atoms with E-state index in [1.165, 1.54) is 0 Å². The summed E-state index contributed by atoms with van der Waals surface area (Å²) < 4.78 is 14.3. The van der Waals surface area contributed by atoms with E-state index in [9.17, 15) is 4.39 Å². The number of hydrogen-bond acceptors (Lipinski definition) is 2. The Morgan fingerprint density at radius 3 is 2.82 bits per heavy atom. The maximum absolute atomic E-state index is 12.6. The third-order valence-corrected chi connectivity index (χ3v) is 2.62. The Bertz CT molecular complexity index is 660. The highest BCUT2D eigenvalue weighted by molar-refractivity contribution is 5.79. The molecule has 2 heterocycles. The number of fused-ring (bicyclic) bond motifs is 1. The monoisotopic (exact) mass is 227 g/mol. The van der Waals surface area contributed by atoms with Gasteiger partial charge in [-0.1, -0.05) is 24.3 Å². The Balaban J connectivity index is 2.20. The van der Waals surface area contributed by atoms with Crippen molar-refractivity contribution >= 4 is 10.9 Å². The van der Waals surface area contributed by atoms with E-state index in [-0.39, 0.29) is 0 Å². The van der Waals surface area contributed by atoms with E-state index in [1.54, 1.807) is 23.0 Å². The van der Waals surface area contributed by atoms with Gasteiger partial charge in [0.15, 0.2) is 5.82 Å². The predicted molar refractivity (Wildman–Crippen MR) is 63.7 cm³/mol. The molecule has 0 fully saturated rings. The molecule has 0 bridgehead atoms. The van der Waals surface area contributed by atoms with Gasteiger partial charge in [-0.3, -0.25) is 0 Å². The van der Waals surface area contributed by atoms with E-state index in [1.807, 2.05) is 30.3 Å². The molecule has 0 spiro atoms. The standard InChI is InChI=1S/C13H10FN3/c14-8-11-5-3-7-13(16-11)17-12-6-2-1-4-10(12)9-15-17/h1-7,9H,8H2. The van der Waals surface area contributed by atoms with Gasteiger partial charge in [0, 0.05) is 5.39 Å². The van der Waals surface area contributed by atoms with Gasteiger partial charge in [0.05, 0.1) is 17.4 Å². The number of hydrogen-bond donors (Lipinski definition) is 0. The lowest BCUT2D eigenvalue weighted by Crippen LogP contribution is -2.00. The first-order chi connectivity index (χ1) is 8.38. The van der Waals surface area contributed by atoms with Gasteiger partial charge in [0.25, 0.3) is 0 Å². The summed E-state index contributed by atoms with van der Waals surface area (Å²) in [5.41, 5.74) is 1.39. The summed E-state index contributed by atoms with van der Waals surface area (Å²) in [6.45, 7) is -0.562. The van der Waals surface area contributed by atoms with Crippen molar-refractivity contribution in [1.82, 2.24) is 14.8 Å². The van der Waals surface area contributed by atoms with Gasteiger partial charge < -0.3 is 0 Å². The molecule has 0 amide bonds. The molecule has 0 aliphatic heterocycles. The molecule has 3 rings (SSSR count). The van der Waals surface area contributed by atoms with E-state index in [0.717, 1.165) is 10.9 Å². The average molecular weight is 227 g/mol. The second-order valence-electron chi connectivity index (χ2n) is 3.74. The lowest BCUT2D eigenvalue weighted by Gasteiger charge is -2.03. The molecule has 2 aromatic heterocycles. The highest BCUT2D eigenvalue weighted by Gasteiger charge is 2.05. The van der Waals surface area contributed by atoms with Gasteiger partial charge in [0.2, 0.25) is 0 Å². The molecule has 0 saturated heterocycles. The third kappa shape index (κ3) is 1.67. The first-order valence-electron chi connectivity index (χ1n) is 5.33. The first-order valence-corrected chi connectivity index (χ1v) is 5.33. The number of halogens is 1. The lowest BCUT2D eigenvalue weighted by molar-refractivity contribution is 0.475. The Labute approximate surface area is 97.5 Å². The normalized spacial score (nSPS) is 10.9. The van der Waals surface area contributed by atoms with Gasteiger partial charge in [-0.2, -0.15) is 5.10 Å². The summed E-state index contributed by atoms with van der Waals surface area (Å²) in [7, 11) is 0. The van der Waals surface area contributed by atoms with Crippen LogP contribution in [0.25, 0.3) is 16.7 Å². The summed E-state index contributed by atoms with van der Waals surface area (Å²) in [5.74, 6) is 0.640. The molecule has 0 unspecified atom stereocenters. The molecule has 0 saturated carbocycles. The number of para-hydroxylation sites is 1. The fraction of sp³-hybridized carbons (Fsp3) is 0.0769. The quantitative estimate of drug-likeness (QED) is 0.674. The number of alkyl halides is 1. The largest absolute Gasteiger partial charge is 0.244 e. The van der Waals surface area contributed by atoms with Crippen LogP contribution >= 0.6 is 0 Å². The fourth-order valence-electron chi connectivity index (χ4n) is 1.81. The minimum atomic E-state index is -0.562. The second kappa shape index (κ2) is 3.97. The van der Waals surface area contributed by atoms with Crippen molar-refractivity contribution in [3.8, 4) is 5.82 Å². The van der Waals surface area contributed by atoms with Crippen LogP contribution in [0.1, 0.15) is 5.69 Å². The minimum absolute atomic E-state index is 0.419. The molecule has 4 heteroatoms. The molecule has 84 valence electrons. The second-order valence-corrected chi connectivity index (χ2v) is 3.74. The van der Waals surface area contributed by atoms with Crippen molar-refractivity contribution in [1.29, 1.82) is 0 Å². The number of pyridine rings is 1. The van der Waals surface area contributed by atoms with E-state index in [4.69, 9.17) is 0 Å². The summed E-state index contributed by atoms with van der Waals surface area (Å²) in [6, 6.07) is 13.1. The van der Waals surface area contributed by atoms with Crippen LogP contribution in [0.5, 0.6) is 0 Å². The zero-order chi connectivity index (χ0) is 11.7. The third-order valence-electron chi connectivity index (χ3n) is 2.62. The average Bonchev–Trinajstić information content (AvgIpc) is 2.82. The molecule has 3 nitrogen and oxygen atoms in total. The topological polar surface area (TPSA) is 30.7 Å². The Morgan fingerprint density at radius 1 is 1.06 bits per heavy atom. The van der Waals surface area contributed by atoms with Crippen LogP contribution < -0.4 is 0 Å². The molecule has 1 aromatic carbocycles. The summed E-state index contributed by atoms with van der Waals surface area (Å²) in [4.78, 5) is 4.21. The Hall–Kier alpha value is -2.23. The summed E-state index contributed by atoms with van der Waals surface area (Å²) >= 11 is 0. The van der Waals surface area contributed by atoms with Gasteiger partial charge >= 0.3 is 0 Å².